The average molecular weight is 393 g/mol. The number of H-pyrrole nitrogens is 1. The van der Waals surface area contributed by atoms with Gasteiger partial charge in [0.25, 0.3) is 5.56 Å². The molecule has 0 radical (unpaired) electrons. The maximum absolute atomic E-state index is 12.2. The minimum absolute atomic E-state index is 0.0183. The predicted octanol–water partition coefficient (Wildman–Crippen LogP) is 2.45. The van der Waals surface area contributed by atoms with Gasteiger partial charge in [0.1, 0.15) is 5.82 Å². The number of rotatable bonds is 5. The minimum Gasteiger partial charge on any atom is -0.481 e. The molecule has 128 valence electrons. The summed E-state index contributed by atoms with van der Waals surface area (Å²) in [5.41, 5.74) is 2.76. The quantitative estimate of drug-likeness (QED) is 0.845. The summed E-state index contributed by atoms with van der Waals surface area (Å²) in [5, 5.41) is 0. The van der Waals surface area contributed by atoms with Crippen LogP contribution in [0.1, 0.15) is 36.0 Å². The molecule has 0 aliphatic carbocycles. The Balaban J connectivity index is 1.82. The molecule has 0 saturated carbocycles. The number of hydrogen-bond donors (Lipinski definition) is 1. The zero-order valence-electron chi connectivity index (χ0n) is 13.9. The maximum Gasteiger partial charge on any atom is 0.254 e. The van der Waals surface area contributed by atoms with Crippen molar-refractivity contribution < 1.29 is 4.74 Å². The average Bonchev–Trinajstić information content (AvgIpc) is 2.55. The Morgan fingerprint density at radius 2 is 2.29 bits per heavy atom. The monoisotopic (exact) mass is 392 g/mol. The fraction of sp³-hybridized carbons (Fsp3) is 0.471. The van der Waals surface area contributed by atoms with Crippen LogP contribution in [0.5, 0.6) is 5.88 Å². The fourth-order valence-electron chi connectivity index (χ4n) is 3.04. The first-order valence-electron chi connectivity index (χ1n) is 8.12. The van der Waals surface area contributed by atoms with E-state index in [1.165, 1.54) is 0 Å². The molecule has 0 spiro atoms. The van der Waals surface area contributed by atoms with Crippen LogP contribution in [-0.4, -0.2) is 33.5 Å². The Morgan fingerprint density at radius 1 is 1.46 bits per heavy atom. The van der Waals surface area contributed by atoms with Gasteiger partial charge >= 0.3 is 0 Å². The van der Waals surface area contributed by atoms with Crippen molar-refractivity contribution in [2.45, 2.75) is 39.3 Å². The van der Waals surface area contributed by atoms with Gasteiger partial charge in [-0.3, -0.25) is 9.69 Å². The molecule has 1 N–H and O–H groups in total. The van der Waals surface area contributed by atoms with Crippen molar-refractivity contribution in [2.75, 3.05) is 13.7 Å². The lowest BCUT2D eigenvalue weighted by Gasteiger charge is -2.28. The molecule has 1 aliphatic rings. The lowest BCUT2D eigenvalue weighted by atomic mass is 10.1. The van der Waals surface area contributed by atoms with Crippen LogP contribution in [0.2, 0.25) is 0 Å². The highest BCUT2D eigenvalue weighted by molar-refractivity contribution is 9.10. The third-order valence-electron chi connectivity index (χ3n) is 4.17. The Bertz CT molecular complexity index is 791. The molecule has 0 saturated heterocycles. The van der Waals surface area contributed by atoms with Crippen LogP contribution >= 0.6 is 15.9 Å². The standard InChI is InChI=1S/C17H21BrN4O2/c1-3-4-15-20-14-10-22(6-5-13(14)16(23)21-15)9-11-7-12(18)8-19-17(11)24-2/h7-8H,3-6,9-10H2,1-2H3,(H,20,21,23). The smallest absolute Gasteiger partial charge is 0.254 e. The normalized spacial score (nSPS) is 14.5. The van der Waals surface area contributed by atoms with Crippen LogP contribution in [0.25, 0.3) is 0 Å². The number of fused-ring (bicyclic) bond motifs is 1. The molecule has 0 bridgehead atoms. The second kappa shape index (κ2) is 7.44. The van der Waals surface area contributed by atoms with Crippen molar-refractivity contribution in [1.82, 2.24) is 19.9 Å². The van der Waals surface area contributed by atoms with E-state index >= 15 is 0 Å². The van der Waals surface area contributed by atoms with Crippen LogP contribution in [0, 0.1) is 0 Å². The predicted molar refractivity (Wildman–Crippen MR) is 95.2 cm³/mol. The number of nitrogens with zero attached hydrogens (tertiary/aromatic N) is 3. The zero-order valence-corrected chi connectivity index (χ0v) is 15.5. The molecule has 0 atom stereocenters. The van der Waals surface area contributed by atoms with Gasteiger partial charge in [-0.1, -0.05) is 6.92 Å². The number of nitrogens with one attached hydrogen (secondary N) is 1. The Kier molecular flexibility index (Phi) is 5.30. The van der Waals surface area contributed by atoms with Crippen molar-refractivity contribution in [2.24, 2.45) is 0 Å². The summed E-state index contributed by atoms with van der Waals surface area (Å²) < 4.78 is 6.28. The summed E-state index contributed by atoms with van der Waals surface area (Å²) in [6.45, 7) is 4.29. The second-order valence-electron chi connectivity index (χ2n) is 5.97. The van der Waals surface area contributed by atoms with E-state index in [0.29, 0.717) is 25.4 Å². The Labute approximate surface area is 149 Å². The number of aromatic amines is 1. The van der Waals surface area contributed by atoms with E-state index in [4.69, 9.17) is 4.74 Å². The summed E-state index contributed by atoms with van der Waals surface area (Å²) in [6.07, 6.45) is 4.21. The molecule has 6 nitrogen and oxygen atoms in total. The minimum atomic E-state index is 0.0183. The van der Waals surface area contributed by atoms with Gasteiger partial charge in [0.05, 0.1) is 12.8 Å². The highest BCUT2D eigenvalue weighted by Crippen LogP contribution is 2.23. The summed E-state index contributed by atoms with van der Waals surface area (Å²) in [6, 6.07) is 2.02. The second-order valence-corrected chi connectivity index (χ2v) is 6.89. The van der Waals surface area contributed by atoms with Crippen LogP contribution in [-0.2, 0) is 25.9 Å². The van der Waals surface area contributed by atoms with Crippen molar-refractivity contribution in [3.8, 4) is 5.88 Å². The van der Waals surface area contributed by atoms with E-state index in [1.54, 1.807) is 13.3 Å². The van der Waals surface area contributed by atoms with E-state index in [-0.39, 0.29) is 5.56 Å². The van der Waals surface area contributed by atoms with Crippen LogP contribution < -0.4 is 10.3 Å². The van der Waals surface area contributed by atoms with Gasteiger partial charge in [-0.05, 0) is 34.8 Å². The number of pyridine rings is 1. The molecule has 0 aromatic carbocycles. The third-order valence-corrected chi connectivity index (χ3v) is 4.60. The van der Waals surface area contributed by atoms with Gasteiger partial charge in [-0.25, -0.2) is 9.97 Å². The zero-order chi connectivity index (χ0) is 17.1. The largest absolute Gasteiger partial charge is 0.481 e. The molecular formula is C17H21BrN4O2. The summed E-state index contributed by atoms with van der Waals surface area (Å²) >= 11 is 3.46. The van der Waals surface area contributed by atoms with Crippen molar-refractivity contribution in [1.29, 1.82) is 0 Å². The first-order valence-corrected chi connectivity index (χ1v) is 8.91. The highest BCUT2D eigenvalue weighted by atomic mass is 79.9. The molecular weight excluding hydrogens is 372 g/mol. The summed E-state index contributed by atoms with van der Waals surface area (Å²) in [4.78, 5) is 26.4. The molecule has 2 aromatic heterocycles. The Hall–Kier alpha value is -1.73. The topological polar surface area (TPSA) is 71.1 Å². The molecule has 1 aliphatic heterocycles. The van der Waals surface area contributed by atoms with Gasteiger partial charge in [-0.2, -0.15) is 0 Å². The van der Waals surface area contributed by atoms with E-state index < -0.39 is 0 Å². The van der Waals surface area contributed by atoms with E-state index in [0.717, 1.165) is 46.5 Å². The molecule has 3 heterocycles. The number of hydrogen-bond acceptors (Lipinski definition) is 5. The maximum atomic E-state index is 12.2. The summed E-state index contributed by atoms with van der Waals surface area (Å²) in [7, 11) is 1.63. The summed E-state index contributed by atoms with van der Waals surface area (Å²) in [5.74, 6) is 1.42. The lowest BCUT2D eigenvalue weighted by Crippen LogP contribution is -2.35. The van der Waals surface area contributed by atoms with Gasteiger partial charge in [-0.15, -0.1) is 0 Å². The van der Waals surface area contributed by atoms with Gasteiger partial charge in [0.15, 0.2) is 0 Å². The van der Waals surface area contributed by atoms with Crippen LogP contribution in [0.15, 0.2) is 21.5 Å². The van der Waals surface area contributed by atoms with Gasteiger partial charge < -0.3 is 9.72 Å². The Morgan fingerprint density at radius 3 is 3.04 bits per heavy atom. The van der Waals surface area contributed by atoms with E-state index in [2.05, 4.69) is 42.7 Å². The number of aryl methyl sites for hydroxylation is 1. The van der Waals surface area contributed by atoms with Gasteiger partial charge in [0.2, 0.25) is 5.88 Å². The van der Waals surface area contributed by atoms with Crippen LogP contribution in [0.3, 0.4) is 0 Å². The van der Waals surface area contributed by atoms with Gasteiger partial charge in [0, 0.05) is 47.9 Å². The van der Waals surface area contributed by atoms with Crippen molar-refractivity contribution >= 4 is 15.9 Å². The fourth-order valence-corrected chi connectivity index (χ4v) is 3.42. The first-order chi connectivity index (χ1) is 11.6. The van der Waals surface area contributed by atoms with Crippen molar-refractivity contribution in [3.05, 3.63) is 49.7 Å². The highest BCUT2D eigenvalue weighted by Gasteiger charge is 2.22. The third kappa shape index (κ3) is 3.67. The molecule has 24 heavy (non-hydrogen) atoms. The molecule has 2 aromatic rings. The first kappa shape index (κ1) is 17.1. The van der Waals surface area contributed by atoms with Crippen molar-refractivity contribution in [3.63, 3.8) is 0 Å². The number of methoxy groups -OCH3 is 1. The number of halogens is 1. The van der Waals surface area contributed by atoms with Crippen LogP contribution in [0.4, 0.5) is 0 Å². The number of ether oxygens (including phenoxy) is 1. The number of aromatic nitrogens is 3. The molecule has 7 heteroatoms. The molecule has 3 rings (SSSR count). The molecule has 0 fully saturated rings. The van der Waals surface area contributed by atoms with E-state index in [9.17, 15) is 4.79 Å². The lowest BCUT2D eigenvalue weighted by molar-refractivity contribution is 0.235. The molecule has 0 amide bonds. The SMILES string of the molecule is CCCc1nc2c(c(=O)[nH]1)CCN(Cc1cc(Br)cnc1OC)C2. The van der Waals surface area contributed by atoms with E-state index in [1.807, 2.05) is 6.07 Å². The molecule has 0 unspecified atom stereocenters.